The van der Waals surface area contributed by atoms with Crippen LogP contribution in [0.5, 0.6) is 0 Å². The van der Waals surface area contributed by atoms with E-state index in [1.165, 1.54) is 5.69 Å². The Labute approximate surface area is 66.4 Å². The summed E-state index contributed by atoms with van der Waals surface area (Å²) in [6.45, 7) is 5.34. The highest BCUT2D eigenvalue weighted by atomic mass is 15.3. The van der Waals surface area contributed by atoms with Crippen molar-refractivity contribution in [2.75, 3.05) is 0 Å². The number of aromatic nitrogens is 2. The molecule has 0 aromatic carbocycles. The normalized spacial score (nSPS) is 30.0. The summed E-state index contributed by atoms with van der Waals surface area (Å²) in [6, 6.07) is 3.06. The third-order valence-electron chi connectivity index (χ3n) is 2.17. The van der Waals surface area contributed by atoms with Crippen molar-refractivity contribution in [3.63, 3.8) is 0 Å². The minimum atomic E-state index is 0.446. The predicted molar refractivity (Wildman–Crippen MR) is 43.2 cm³/mol. The summed E-state index contributed by atoms with van der Waals surface area (Å²) in [5.74, 6) is 0. The number of hydrogen-bond acceptors (Lipinski definition) is 2. The maximum absolute atomic E-state index is 4.23. The van der Waals surface area contributed by atoms with Crippen LogP contribution in [0.3, 0.4) is 0 Å². The SMILES string of the molecule is C[C@@H]1N[C@@H](C)Cn2nccc21. The number of rotatable bonds is 0. The average Bonchev–Trinajstić information content (AvgIpc) is 2.34. The van der Waals surface area contributed by atoms with E-state index in [1.54, 1.807) is 0 Å². The van der Waals surface area contributed by atoms with E-state index in [2.05, 4.69) is 35.0 Å². The molecule has 0 saturated carbocycles. The molecule has 0 aliphatic carbocycles. The maximum atomic E-state index is 4.23. The summed E-state index contributed by atoms with van der Waals surface area (Å²) < 4.78 is 2.08. The first-order valence-electron chi connectivity index (χ1n) is 4.05. The lowest BCUT2D eigenvalue weighted by atomic mass is 10.1. The van der Waals surface area contributed by atoms with Crippen LogP contribution in [0.15, 0.2) is 12.3 Å². The average molecular weight is 151 g/mol. The van der Waals surface area contributed by atoms with E-state index in [0.29, 0.717) is 12.1 Å². The van der Waals surface area contributed by atoms with Crippen LogP contribution < -0.4 is 5.32 Å². The molecule has 2 heterocycles. The first-order chi connectivity index (χ1) is 5.27. The number of hydrogen-bond donors (Lipinski definition) is 1. The van der Waals surface area contributed by atoms with E-state index < -0.39 is 0 Å². The molecule has 11 heavy (non-hydrogen) atoms. The summed E-state index contributed by atoms with van der Waals surface area (Å²) in [4.78, 5) is 0. The summed E-state index contributed by atoms with van der Waals surface area (Å²) >= 11 is 0. The fourth-order valence-corrected chi connectivity index (χ4v) is 1.69. The third-order valence-corrected chi connectivity index (χ3v) is 2.17. The van der Waals surface area contributed by atoms with E-state index in [1.807, 2.05) is 6.20 Å². The van der Waals surface area contributed by atoms with Crippen LogP contribution in [0, 0.1) is 0 Å². The molecular formula is C8H13N3. The Balaban J connectivity index is 2.36. The van der Waals surface area contributed by atoms with Gasteiger partial charge in [-0.1, -0.05) is 0 Å². The van der Waals surface area contributed by atoms with Crippen LogP contribution in [0.2, 0.25) is 0 Å². The summed E-state index contributed by atoms with van der Waals surface area (Å²) in [5.41, 5.74) is 1.29. The monoisotopic (exact) mass is 151 g/mol. The molecule has 0 fully saturated rings. The van der Waals surface area contributed by atoms with Crippen LogP contribution in [-0.2, 0) is 6.54 Å². The van der Waals surface area contributed by atoms with Gasteiger partial charge in [0, 0.05) is 18.3 Å². The first kappa shape index (κ1) is 6.85. The standard InChI is InChI=1S/C8H13N3/c1-6-5-11-8(3-4-9-11)7(2)10-6/h3-4,6-7,10H,5H2,1-2H3/t6-,7-/m0/s1. The molecule has 2 rings (SSSR count). The van der Waals surface area contributed by atoms with Gasteiger partial charge in [0.05, 0.1) is 12.2 Å². The highest BCUT2D eigenvalue weighted by Gasteiger charge is 2.19. The molecule has 0 unspecified atom stereocenters. The largest absolute Gasteiger partial charge is 0.304 e. The molecule has 1 aliphatic rings. The van der Waals surface area contributed by atoms with Crippen molar-refractivity contribution < 1.29 is 0 Å². The summed E-state index contributed by atoms with van der Waals surface area (Å²) in [5, 5.41) is 7.69. The minimum absolute atomic E-state index is 0.446. The quantitative estimate of drug-likeness (QED) is 0.598. The molecule has 2 atom stereocenters. The number of fused-ring (bicyclic) bond motifs is 1. The van der Waals surface area contributed by atoms with Crippen LogP contribution in [-0.4, -0.2) is 15.8 Å². The van der Waals surface area contributed by atoms with Crippen LogP contribution in [0.4, 0.5) is 0 Å². The topological polar surface area (TPSA) is 29.9 Å². The van der Waals surface area contributed by atoms with Crippen molar-refractivity contribution in [3.8, 4) is 0 Å². The molecule has 1 aliphatic heterocycles. The van der Waals surface area contributed by atoms with E-state index in [0.717, 1.165) is 6.54 Å². The molecule has 1 aromatic rings. The Hall–Kier alpha value is -0.830. The highest BCUT2D eigenvalue weighted by molar-refractivity contribution is 5.08. The van der Waals surface area contributed by atoms with Gasteiger partial charge in [-0.3, -0.25) is 4.68 Å². The Morgan fingerprint density at radius 3 is 3.27 bits per heavy atom. The zero-order valence-electron chi connectivity index (χ0n) is 6.91. The van der Waals surface area contributed by atoms with Gasteiger partial charge in [0.25, 0.3) is 0 Å². The Morgan fingerprint density at radius 2 is 2.45 bits per heavy atom. The lowest BCUT2D eigenvalue weighted by Gasteiger charge is -2.27. The van der Waals surface area contributed by atoms with Gasteiger partial charge in [0.2, 0.25) is 0 Å². The lowest BCUT2D eigenvalue weighted by Crippen LogP contribution is -2.39. The molecule has 0 amide bonds. The second-order valence-corrected chi connectivity index (χ2v) is 3.23. The lowest BCUT2D eigenvalue weighted by molar-refractivity contribution is 0.344. The Kier molecular flexibility index (Phi) is 1.46. The van der Waals surface area contributed by atoms with Gasteiger partial charge in [-0.15, -0.1) is 0 Å². The van der Waals surface area contributed by atoms with Crippen LogP contribution >= 0.6 is 0 Å². The Morgan fingerprint density at radius 1 is 1.64 bits per heavy atom. The molecule has 0 spiro atoms. The van der Waals surface area contributed by atoms with Crippen LogP contribution in [0.1, 0.15) is 25.6 Å². The molecule has 0 saturated heterocycles. The zero-order valence-corrected chi connectivity index (χ0v) is 6.91. The van der Waals surface area contributed by atoms with Crippen molar-refractivity contribution in [1.29, 1.82) is 0 Å². The van der Waals surface area contributed by atoms with Gasteiger partial charge in [-0.05, 0) is 19.9 Å². The number of nitrogens with one attached hydrogen (secondary N) is 1. The highest BCUT2D eigenvalue weighted by Crippen LogP contribution is 2.17. The minimum Gasteiger partial charge on any atom is -0.304 e. The molecule has 3 nitrogen and oxygen atoms in total. The smallest absolute Gasteiger partial charge is 0.0564 e. The maximum Gasteiger partial charge on any atom is 0.0564 e. The fourth-order valence-electron chi connectivity index (χ4n) is 1.69. The van der Waals surface area contributed by atoms with E-state index in [4.69, 9.17) is 0 Å². The van der Waals surface area contributed by atoms with E-state index in [9.17, 15) is 0 Å². The third kappa shape index (κ3) is 1.05. The second-order valence-electron chi connectivity index (χ2n) is 3.23. The van der Waals surface area contributed by atoms with Crippen molar-refractivity contribution in [1.82, 2.24) is 15.1 Å². The molecular weight excluding hydrogens is 138 g/mol. The molecule has 0 radical (unpaired) electrons. The fraction of sp³-hybridized carbons (Fsp3) is 0.625. The molecule has 0 bridgehead atoms. The zero-order chi connectivity index (χ0) is 7.84. The first-order valence-corrected chi connectivity index (χ1v) is 4.05. The second kappa shape index (κ2) is 2.34. The van der Waals surface area contributed by atoms with Gasteiger partial charge in [-0.2, -0.15) is 5.10 Å². The molecule has 1 N–H and O–H groups in total. The molecule has 1 aromatic heterocycles. The van der Waals surface area contributed by atoms with Gasteiger partial charge in [0.15, 0.2) is 0 Å². The van der Waals surface area contributed by atoms with Gasteiger partial charge in [0.1, 0.15) is 0 Å². The van der Waals surface area contributed by atoms with Crippen molar-refractivity contribution in [2.24, 2.45) is 0 Å². The van der Waals surface area contributed by atoms with Crippen molar-refractivity contribution in [2.45, 2.75) is 32.5 Å². The van der Waals surface area contributed by atoms with Gasteiger partial charge >= 0.3 is 0 Å². The van der Waals surface area contributed by atoms with Crippen molar-refractivity contribution >= 4 is 0 Å². The Bertz CT molecular complexity index is 254. The molecule has 3 heteroatoms. The predicted octanol–water partition coefficient (Wildman–Crippen LogP) is 0.936. The summed E-state index contributed by atoms with van der Waals surface area (Å²) in [7, 11) is 0. The molecule has 60 valence electrons. The van der Waals surface area contributed by atoms with Crippen LogP contribution in [0.25, 0.3) is 0 Å². The summed E-state index contributed by atoms with van der Waals surface area (Å²) in [6.07, 6.45) is 1.87. The van der Waals surface area contributed by atoms with Gasteiger partial charge < -0.3 is 5.32 Å². The number of nitrogens with zero attached hydrogens (tertiary/aromatic N) is 2. The van der Waals surface area contributed by atoms with E-state index >= 15 is 0 Å². The van der Waals surface area contributed by atoms with E-state index in [-0.39, 0.29) is 0 Å². The van der Waals surface area contributed by atoms with Crippen molar-refractivity contribution in [3.05, 3.63) is 18.0 Å². The van der Waals surface area contributed by atoms with Gasteiger partial charge in [-0.25, -0.2) is 0 Å².